The van der Waals surface area contributed by atoms with Gasteiger partial charge in [-0.05, 0) is 53.3 Å². The summed E-state index contributed by atoms with van der Waals surface area (Å²) in [7, 11) is 1.51. The van der Waals surface area contributed by atoms with Gasteiger partial charge >= 0.3 is 0 Å². The van der Waals surface area contributed by atoms with Gasteiger partial charge in [0.05, 0.1) is 23.4 Å². The van der Waals surface area contributed by atoms with Crippen molar-refractivity contribution in [1.82, 2.24) is 4.57 Å². The summed E-state index contributed by atoms with van der Waals surface area (Å²) in [6.07, 6.45) is 3.64. The first kappa shape index (κ1) is 20.7. The Balaban J connectivity index is 1.60. The second-order valence-electron chi connectivity index (χ2n) is 8.46. The van der Waals surface area contributed by atoms with E-state index < -0.39 is 0 Å². The van der Waals surface area contributed by atoms with E-state index in [0.29, 0.717) is 15.1 Å². The maximum absolute atomic E-state index is 13.7. The number of nitrogens with zero attached hydrogens (tertiary/aromatic N) is 2. The van der Waals surface area contributed by atoms with Gasteiger partial charge in [0.2, 0.25) is 0 Å². The Kier molecular flexibility index (Phi) is 4.96. The number of ether oxygens (including phenoxy) is 1. The molecule has 2 heterocycles. The lowest BCUT2D eigenvalue weighted by Crippen LogP contribution is -2.38. The van der Waals surface area contributed by atoms with Crippen molar-refractivity contribution in [2.24, 2.45) is 4.99 Å². The Morgan fingerprint density at radius 1 is 1.06 bits per heavy atom. The number of phenolic OH excluding ortho intramolecular Hbond substituents is 1. The highest BCUT2D eigenvalue weighted by Crippen LogP contribution is 2.41. The summed E-state index contributed by atoms with van der Waals surface area (Å²) < 4.78 is 7.67. The minimum atomic E-state index is -0.183. The number of rotatable bonds is 3. The van der Waals surface area contributed by atoms with Crippen LogP contribution in [0.3, 0.4) is 0 Å². The topological polar surface area (TPSA) is 63.8 Å². The normalized spacial score (nSPS) is 17.0. The highest BCUT2D eigenvalue weighted by molar-refractivity contribution is 7.07. The summed E-state index contributed by atoms with van der Waals surface area (Å²) in [5, 5.41) is 9.93. The Morgan fingerprint density at radius 3 is 2.68 bits per heavy atom. The van der Waals surface area contributed by atoms with E-state index in [-0.39, 0.29) is 17.4 Å². The summed E-state index contributed by atoms with van der Waals surface area (Å²) in [6.45, 7) is 0. The Morgan fingerprint density at radius 2 is 1.85 bits per heavy atom. The maximum Gasteiger partial charge on any atom is 0.271 e. The molecule has 0 fully saturated rings. The van der Waals surface area contributed by atoms with Crippen molar-refractivity contribution in [1.29, 1.82) is 0 Å². The van der Waals surface area contributed by atoms with Crippen LogP contribution in [-0.4, -0.2) is 16.8 Å². The van der Waals surface area contributed by atoms with Crippen molar-refractivity contribution >= 4 is 23.1 Å². The summed E-state index contributed by atoms with van der Waals surface area (Å²) in [5.74, 6) is 0.437. The molecule has 2 aliphatic rings. The van der Waals surface area contributed by atoms with Crippen LogP contribution in [0.2, 0.25) is 0 Å². The van der Waals surface area contributed by atoms with Gasteiger partial charge in [-0.3, -0.25) is 9.36 Å². The lowest BCUT2D eigenvalue weighted by Gasteiger charge is -2.30. The van der Waals surface area contributed by atoms with Crippen LogP contribution in [0.15, 0.2) is 88.2 Å². The van der Waals surface area contributed by atoms with E-state index in [1.807, 2.05) is 28.8 Å². The number of thiazole rings is 1. The Hall–Kier alpha value is -3.90. The van der Waals surface area contributed by atoms with Gasteiger partial charge in [0.15, 0.2) is 16.3 Å². The third-order valence-electron chi connectivity index (χ3n) is 6.49. The van der Waals surface area contributed by atoms with Gasteiger partial charge in [-0.2, -0.15) is 0 Å². The minimum absolute atomic E-state index is 0.0601. The van der Waals surface area contributed by atoms with E-state index in [4.69, 9.17) is 9.73 Å². The number of aromatic hydroxyl groups is 1. The molecule has 0 bridgehead atoms. The van der Waals surface area contributed by atoms with E-state index in [0.717, 1.165) is 35.2 Å². The molecule has 1 N–H and O–H groups in total. The Bertz CT molecular complexity index is 1630. The van der Waals surface area contributed by atoms with Crippen molar-refractivity contribution in [3.63, 3.8) is 0 Å². The van der Waals surface area contributed by atoms with Crippen LogP contribution < -0.4 is 19.6 Å². The molecule has 0 saturated heterocycles. The number of allylic oxidation sites excluding steroid dienone is 1. The zero-order valence-corrected chi connectivity index (χ0v) is 19.4. The molecule has 5 nitrogen and oxygen atoms in total. The molecule has 1 atom stereocenters. The molecule has 6 rings (SSSR count). The van der Waals surface area contributed by atoms with Crippen LogP contribution in [-0.2, 0) is 6.42 Å². The van der Waals surface area contributed by atoms with E-state index in [9.17, 15) is 9.90 Å². The van der Waals surface area contributed by atoms with Crippen molar-refractivity contribution in [2.45, 2.75) is 18.9 Å². The van der Waals surface area contributed by atoms with Crippen LogP contribution in [0.25, 0.3) is 11.8 Å². The zero-order valence-electron chi connectivity index (χ0n) is 18.6. The second-order valence-corrected chi connectivity index (χ2v) is 9.46. The number of phenols is 1. The van der Waals surface area contributed by atoms with Crippen molar-refractivity contribution in [3.8, 4) is 11.5 Å². The van der Waals surface area contributed by atoms with E-state index in [1.165, 1.54) is 29.6 Å². The van der Waals surface area contributed by atoms with Crippen molar-refractivity contribution in [2.75, 3.05) is 7.11 Å². The molecule has 1 aliphatic carbocycles. The number of methoxy groups -OCH3 is 1. The van der Waals surface area contributed by atoms with Gasteiger partial charge in [-0.25, -0.2) is 4.99 Å². The molecule has 34 heavy (non-hydrogen) atoms. The SMILES string of the molecule is COc1cc(C=c2sc3n(c2=O)C(c2ccccc2)C2=C(N=3)c3ccccc3CC2)ccc1O. The highest BCUT2D eigenvalue weighted by atomic mass is 32.1. The molecular weight excluding hydrogens is 444 g/mol. The molecular formula is C28H22N2O3S. The number of hydrogen-bond acceptors (Lipinski definition) is 5. The van der Waals surface area contributed by atoms with Gasteiger partial charge in [0.25, 0.3) is 5.56 Å². The predicted molar refractivity (Wildman–Crippen MR) is 134 cm³/mol. The van der Waals surface area contributed by atoms with Crippen molar-refractivity contribution < 1.29 is 9.84 Å². The molecule has 0 amide bonds. The quantitative estimate of drug-likeness (QED) is 0.496. The average Bonchev–Trinajstić information content (AvgIpc) is 3.18. The largest absolute Gasteiger partial charge is 0.504 e. The molecule has 1 unspecified atom stereocenters. The molecule has 1 aromatic heterocycles. The second kappa shape index (κ2) is 8.15. The van der Waals surface area contributed by atoms with Gasteiger partial charge < -0.3 is 9.84 Å². The van der Waals surface area contributed by atoms with Gasteiger partial charge in [0, 0.05) is 5.56 Å². The number of fused-ring (bicyclic) bond motifs is 3. The fourth-order valence-corrected chi connectivity index (χ4v) is 5.89. The number of aromatic nitrogens is 1. The van der Waals surface area contributed by atoms with E-state index in [1.54, 1.807) is 18.2 Å². The molecule has 0 radical (unpaired) electrons. The number of aryl methyl sites for hydroxylation is 1. The van der Waals surface area contributed by atoms with Gasteiger partial charge in [-0.15, -0.1) is 0 Å². The molecule has 6 heteroatoms. The number of benzene rings is 3. The molecule has 3 aromatic carbocycles. The molecule has 168 valence electrons. The molecule has 4 aromatic rings. The number of hydrogen-bond donors (Lipinski definition) is 1. The van der Waals surface area contributed by atoms with Gasteiger partial charge in [0.1, 0.15) is 0 Å². The summed E-state index contributed by atoms with van der Waals surface area (Å²) in [6, 6.07) is 23.5. The fraction of sp³-hybridized carbons (Fsp3) is 0.143. The minimum Gasteiger partial charge on any atom is -0.504 e. The fourth-order valence-electron chi connectivity index (χ4n) is 4.89. The summed E-state index contributed by atoms with van der Waals surface area (Å²) in [5.41, 5.74) is 6.45. The third-order valence-corrected chi connectivity index (χ3v) is 7.47. The first-order valence-corrected chi connectivity index (χ1v) is 12.0. The summed E-state index contributed by atoms with van der Waals surface area (Å²) in [4.78, 5) is 19.5. The van der Waals surface area contributed by atoms with Crippen LogP contribution in [0.1, 0.15) is 34.7 Å². The van der Waals surface area contributed by atoms with Gasteiger partial charge in [-0.1, -0.05) is 72.0 Å². The summed E-state index contributed by atoms with van der Waals surface area (Å²) >= 11 is 1.39. The lowest BCUT2D eigenvalue weighted by atomic mass is 9.83. The van der Waals surface area contributed by atoms with E-state index in [2.05, 4.69) is 36.4 Å². The molecule has 0 saturated carbocycles. The first-order valence-electron chi connectivity index (χ1n) is 11.2. The van der Waals surface area contributed by atoms with Crippen LogP contribution in [0.5, 0.6) is 11.5 Å². The smallest absolute Gasteiger partial charge is 0.271 e. The van der Waals surface area contributed by atoms with Crippen LogP contribution in [0.4, 0.5) is 0 Å². The van der Waals surface area contributed by atoms with Crippen LogP contribution >= 0.6 is 11.3 Å². The predicted octanol–water partition coefficient (Wildman–Crippen LogP) is 4.03. The highest BCUT2D eigenvalue weighted by Gasteiger charge is 2.32. The standard InChI is InChI=1S/C28H22N2O3S/c1-33-23-15-17(11-14-22(23)31)16-24-27(32)30-26(19-8-3-2-4-9-19)21-13-12-18-7-5-6-10-20(18)25(21)29-28(30)34-24/h2-11,14-16,26,31H,12-13H2,1H3. The van der Waals surface area contributed by atoms with Crippen molar-refractivity contribution in [3.05, 3.63) is 120 Å². The van der Waals surface area contributed by atoms with Crippen LogP contribution in [0, 0.1) is 0 Å². The third kappa shape index (κ3) is 3.30. The first-order chi connectivity index (χ1) is 16.6. The monoisotopic (exact) mass is 466 g/mol. The maximum atomic E-state index is 13.7. The average molecular weight is 467 g/mol. The molecule has 1 aliphatic heterocycles. The molecule has 0 spiro atoms. The lowest BCUT2D eigenvalue weighted by molar-refractivity contribution is 0.373. The zero-order chi connectivity index (χ0) is 23.2. The Labute approximate surface area is 200 Å². The van der Waals surface area contributed by atoms with E-state index >= 15 is 0 Å².